The minimum absolute atomic E-state index is 0.0850. The van der Waals surface area contributed by atoms with E-state index >= 15 is 0 Å². The zero-order chi connectivity index (χ0) is 11.9. The molecule has 0 radical (unpaired) electrons. The van der Waals surface area contributed by atoms with E-state index in [4.69, 9.17) is 5.11 Å². The summed E-state index contributed by atoms with van der Waals surface area (Å²) in [7, 11) is 0. The summed E-state index contributed by atoms with van der Waals surface area (Å²) in [4.78, 5) is 10.8. The van der Waals surface area contributed by atoms with Gasteiger partial charge in [0.2, 0.25) is 0 Å². The van der Waals surface area contributed by atoms with Crippen molar-refractivity contribution in [2.75, 3.05) is 0 Å². The first-order valence-electron chi connectivity index (χ1n) is 4.20. The molecule has 7 heteroatoms. The minimum atomic E-state index is -2.87. The second kappa shape index (κ2) is 3.82. The Hall–Kier alpha value is -1.50. The van der Waals surface area contributed by atoms with Gasteiger partial charge >= 0.3 is 12.5 Å². The Balaban J connectivity index is 2.81. The van der Waals surface area contributed by atoms with Gasteiger partial charge in [-0.15, -0.1) is 0 Å². The van der Waals surface area contributed by atoms with Crippen LogP contribution in [0.15, 0.2) is 22.7 Å². The zero-order valence-electron chi connectivity index (χ0n) is 7.69. The molecule has 2 aromatic rings. The standard InChI is InChI=1S/C9H5BrF2N2O2/c10-4-1-2-5-6(3-4)14(9(11)12)13-7(5)8(15)16/h1-3,9H,(H,15,16). The van der Waals surface area contributed by atoms with Crippen molar-refractivity contribution in [2.24, 2.45) is 0 Å². The zero-order valence-corrected chi connectivity index (χ0v) is 9.28. The number of fused-ring (bicyclic) bond motifs is 1. The van der Waals surface area contributed by atoms with Gasteiger partial charge in [0.25, 0.3) is 0 Å². The van der Waals surface area contributed by atoms with Crippen LogP contribution in [0.4, 0.5) is 8.78 Å². The van der Waals surface area contributed by atoms with Crippen molar-refractivity contribution in [1.82, 2.24) is 9.78 Å². The molecule has 0 amide bonds. The molecule has 16 heavy (non-hydrogen) atoms. The number of hydrogen-bond acceptors (Lipinski definition) is 2. The Kier molecular flexibility index (Phi) is 2.63. The molecule has 0 bridgehead atoms. The van der Waals surface area contributed by atoms with Gasteiger partial charge < -0.3 is 5.11 Å². The number of alkyl halides is 2. The van der Waals surface area contributed by atoms with Gasteiger partial charge in [0.15, 0.2) is 5.69 Å². The van der Waals surface area contributed by atoms with Crippen molar-refractivity contribution in [1.29, 1.82) is 0 Å². The molecule has 2 rings (SSSR count). The van der Waals surface area contributed by atoms with E-state index in [0.29, 0.717) is 9.15 Å². The molecule has 0 spiro atoms. The topological polar surface area (TPSA) is 55.1 Å². The molecule has 1 aromatic carbocycles. The predicted octanol–water partition coefficient (Wildman–Crippen LogP) is 2.89. The van der Waals surface area contributed by atoms with Crippen molar-refractivity contribution in [3.05, 3.63) is 28.4 Å². The molecule has 0 fully saturated rings. The number of carbonyl (C=O) groups is 1. The van der Waals surface area contributed by atoms with Gasteiger partial charge in [-0.2, -0.15) is 13.9 Å². The number of carboxylic acids is 1. The highest BCUT2D eigenvalue weighted by Crippen LogP contribution is 2.26. The number of benzene rings is 1. The molecule has 0 aliphatic heterocycles. The van der Waals surface area contributed by atoms with E-state index in [2.05, 4.69) is 21.0 Å². The summed E-state index contributed by atoms with van der Waals surface area (Å²) >= 11 is 3.13. The third-order valence-corrected chi connectivity index (χ3v) is 2.55. The highest BCUT2D eigenvalue weighted by molar-refractivity contribution is 9.10. The molecule has 0 saturated heterocycles. The number of hydrogen-bond donors (Lipinski definition) is 1. The highest BCUT2D eigenvalue weighted by atomic mass is 79.9. The molecule has 0 unspecified atom stereocenters. The van der Waals surface area contributed by atoms with Crippen LogP contribution in [0.1, 0.15) is 17.0 Å². The highest BCUT2D eigenvalue weighted by Gasteiger charge is 2.20. The first kappa shape index (κ1) is 11.0. The number of rotatable bonds is 2. The summed E-state index contributed by atoms with van der Waals surface area (Å²) in [5, 5.41) is 12.4. The van der Waals surface area contributed by atoms with Gasteiger partial charge in [-0.3, -0.25) is 0 Å². The fourth-order valence-corrected chi connectivity index (χ4v) is 1.77. The van der Waals surface area contributed by atoms with Crippen LogP contribution in [0.3, 0.4) is 0 Å². The van der Waals surface area contributed by atoms with Gasteiger partial charge in [-0.05, 0) is 18.2 Å². The molecule has 1 aromatic heterocycles. The van der Waals surface area contributed by atoms with Crippen molar-refractivity contribution in [3.8, 4) is 0 Å². The lowest BCUT2D eigenvalue weighted by Crippen LogP contribution is -2.03. The van der Waals surface area contributed by atoms with E-state index < -0.39 is 12.5 Å². The maximum Gasteiger partial charge on any atom is 0.357 e. The summed E-state index contributed by atoms with van der Waals surface area (Å²) in [6, 6.07) is 4.42. The molecule has 1 N–H and O–H groups in total. The van der Waals surface area contributed by atoms with Crippen LogP contribution in [-0.4, -0.2) is 20.9 Å². The van der Waals surface area contributed by atoms with E-state index in [1.165, 1.54) is 12.1 Å². The fourth-order valence-electron chi connectivity index (χ4n) is 1.42. The Morgan fingerprint density at radius 3 is 2.75 bits per heavy atom. The quantitative estimate of drug-likeness (QED) is 0.925. The first-order valence-corrected chi connectivity index (χ1v) is 4.99. The van der Waals surface area contributed by atoms with Gasteiger partial charge in [-0.1, -0.05) is 15.9 Å². The number of nitrogens with zero attached hydrogens (tertiary/aromatic N) is 2. The van der Waals surface area contributed by atoms with E-state index in [-0.39, 0.29) is 16.6 Å². The Bertz CT molecular complexity index is 568. The summed E-state index contributed by atoms with van der Waals surface area (Å²) in [5.74, 6) is -1.33. The molecular weight excluding hydrogens is 286 g/mol. The van der Waals surface area contributed by atoms with Crippen molar-refractivity contribution < 1.29 is 18.7 Å². The van der Waals surface area contributed by atoms with E-state index in [9.17, 15) is 13.6 Å². The Morgan fingerprint density at radius 2 is 2.19 bits per heavy atom. The minimum Gasteiger partial charge on any atom is -0.476 e. The van der Waals surface area contributed by atoms with Crippen molar-refractivity contribution >= 4 is 32.8 Å². The van der Waals surface area contributed by atoms with Gasteiger partial charge in [0, 0.05) is 9.86 Å². The molecule has 0 aliphatic carbocycles. The summed E-state index contributed by atoms with van der Waals surface area (Å²) in [6.45, 7) is -2.87. The normalized spacial score (nSPS) is 11.2. The average molecular weight is 291 g/mol. The molecule has 0 atom stereocenters. The van der Waals surface area contributed by atoms with Crippen molar-refractivity contribution in [2.45, 2.75) is 6.55 Å². The Morgan fingerprint density at radius 1 is 1.50 bits per heavy atom. The molecule has 4 nitrogen and oxygen atoms in total. The van der Waals surface area contributed by atoms with Crippen LogP contribution in [0.5, 0.6) is 0 Å². The number of aromatic nitrogens is 2. The first-order chi connectivity index (χ1) is 7.50. The third-order valence-electron chi connectivity index (χ3n) is 2.06. The number of halogens is 3. The van der Waals surface area contributed by atoms with Crippen LogP contribution in [0.25, 0.3) is 10.9 Å². The molecule has 0 saturated carbocycles. The fraction of sp³-hybridized carbons (Fsp3) is 0.111. The second-order valence-electron chi connectivity index (χ2n) is 3.04. The van der Waals surface area contributed by atoms with Crippen LogP contribution < -0.4 is 0 Å². The second-order valence-corrected chi connectivity index (χ2v) is 3.95. The molecule has 1 heterocycles. The van der Waals surface area contributed by atoms with E-state index in [1.54, 1.807) is 6.07 Å². The smallest absolute Gasteiger partial charge is 0.357 e. The van der Waals surface area contributed by atoms with E-state index in [0.717, 1.165) is 0 Å². The lowest BCUT2D eigenvalue weighted by Gasteiger charge is -2.00. The van der Waals surface area contributed by atoms with Crippen LogP contribution in [0, 0.1) is 0 Å². The monoisotopic (exact) mass is 290 g/mol. The largest absolute Gasteiger partial charge is 0.476 e. The van der Waals surface area contributed by atoms with Crippen LogP contribution in [0.2, 0.25) is 0 Å². The molecular formula is C9H5BrF2N2O2. The number of aromatic carboxylic acids is 1. The Labute approximate surface area is 96.6 Å². The van der Waals surface area contributed by atoms with Gasteiger partial charge in [-0.25, -0.2) is 9.48 Å². The maximum absolute atomic E-state index is 12.6. The SMILES string of the molecule is O=C(O)c1nn(C(F)F)c2cc(Br)ccc12. The number of carboxylic acid groups (broad SMARTS) is 1. The summed E-state index contributed by atoms with van der Waals surface area (Å²) in [6.07, 6.45) is 0. The van der Waals surface area contributed by atoms with Gasteiger partial charge in [0.05, 0.1) is 5.52 Å². The van der Waals surface area contributed by atoms with Crippen molar-refractivity contribution in [3.63, 3.8) is 0 Å². The lowest BCUT2D eigenvalue weighted by atomic mass is 10.2. The molecule has 84 valence electrons. The van der Waals surface area contributed by atoms with Gasteiger partial charge in [0.1, 0.15) is 0 Å². The third kappa shape index (κ3) is 1.67. The maximum atomic E-state index is 12.6. The van der Waals surface area contributed by atoms with Crippen LogP contribution >= 0.6 is 15.9 Å². The predicted molar refractivity (Wildman–Crippen MR) is 55.6 cm³/mol. The van der Waals surface area contributed by atoms with Crippen LogP contribution in [-0.2, 0) is 0 Å². The average Bonchev–Trinajstić information content (AvgIpc) is 2.56. The summed E-state index contributed by atoms with van der Waals surface area (Å²) in [5.41, 5.74) is -0.287. The molecule has 0 aliphatic rings. The van der Waals surface area contributed by atoms with E-state index in [1.807, 2.05) is 0 Å². The lowest BCUT2D eigenvalue weighted by molar-refractivity contribution is 0.0585. The summed E-state index contributed by atoms with van der Waals surface area (Å²) < 4.78 is 26.2.